The lowest BCUT2D eigenvalue weighted by molar-refractivity contribution is 0.1000. The van der Waals surface area contributed by atoms with E-state index in [-0.39, 0.29) is 5.56 Å². The van der Waals surface area contributed by atoms with Crippen molar-refractivity contribution < 1.29 is 18.7 Å². The minimum atomic E-state index is -0.584. The molecule has 0 radical (unpaired) electrons. The maximum atomic E-state index is 11.8. The Kier molecular flexibility index (Phi) is 4.45. The first-order chi connectivity index (χ1) is 10.1. The van der Waals surface area contributed by atoms with Gasteiger partial charge < -0.3 is 25.5 Å². The molecule has 2 rings (SSSR count). The molecule has 0 spiro atoms. The lowest BCUT2D eigenvalue weighted by atomic mass is 10.2. The number of hydrogen-bond acceptors (Lipinski definition) is 4. The molecule has 1 heterocycles. The fraction of sp³-hybridized carbons (Fsp3) is 0.143. The molecule has 0 aliphatic rings. The average molecular weight is 289 g/mol. The number of ether oxygens (including phenoxy) is 1. The first-order valence-electron chi connectivity index (χ1n) is 6.14. The molecule has 1 aromatic carbocycles. The molecule has 0 aliphatic heterocycles. The summed E-state index contributed by atoms with van der Waals surface area (Å²) in [5.74, 6) is -0.155. The predicted molar refractivity (Wildman–Crippen MR) is 76.1 cm³/mol. The Morgan fingerprint density at radius 3 is 2.76 bits per heavy atom. The number of furan rings is 1. The summed E-state index contributed by atoms with van der Waals surface area (Å²) >= 11 is 0. The van der Waals surface area contributed by atoms with E-state index in [1.54, 1.807) is 12.1 Å². The predicted octanol–water partition coefficient (Wildman–Crippen LogP) is 1.71. The molecular weight excluding hydrogens is 274 g/mol. The van der Waals surface area contributed by atoms with Crippen molar-refractivity contribution in [3.63, 3.8) is 0 Å². The first kappa shape index (κ1) is 14.4. The van der Waals surface area contributed by atoms with E-state index in [1.807, 2.05) is 0 Å². The number of methoxy groups -OCH3 is 1. The third kappa shape index (κ3) is 3.75. The van der Waals surface area contributed by atoms with Crippen LogP contribution in [0, 0.1) is 0 Å². The zero-order valence-corrected chi connectivity index (χ0v) is 11.4. The smallest absolute Gasteiger partial charge is 0.319 e. The van der Waals surface area contributed by atoms with Crippen LogP contribution >= 0.6 is 0 Å². The van der Waals surface area contributed by atoms with Crippen molar-refractivity contribution in [3.8, 4) is 5.75 Å². The highest BCUT2D eigenvalue weighted by atomic mass is 16.5. The van der Waals surface area contributed by atoms with Gasteiger partial charge in [0, 0.05) is 17.7 Å². The molecule has 1 aromatic heterocycles. The Hall–Kier alpha value is -2.96. The van der Waals surface area contributed by atoms with Gasteiger partial charge >= 0.3 is 6.03 Å². The second-order valence-electron chi connectivity index (χ2n) is 4.22. The maximum Gasteiger partial charge on any atom is 0.319 e. The van der Waals surface area contributed by atoms with E-state index < -0.39 is 11.9 Å². The van der Waals surface area contributed by atoms with Gasteiger partial charge in [0.25, 0.3) is 0 Å². The molecule has 21 heavy (non-hydrogen) atoms. The van der Waals surface area contributed by atoms with Gasteiger partial charge in [-0.2, -0.15) is 0 Å². The summed E-state index contributed by atoms with van der Waals surface area (Å²) in [7, 11) is 1.47. The van der Waals surface area contributed by atoms with Crippen LogP contribution in [0.15, 0.2) is 41.2 Å². The van der Waals surface area contributed by atoms with Crippen molar-refractivity contribution >= 4 is 17.6 Å². The molecule has 0 saturated heterocycles. The molecular formula is C14H15N3O4. The number of nitrogens with one attached hydrogen (secondary N) is 2. The number of urea groups is 1. The minimum absolute atomic E-state index is 0.279. The van der Waals surface area contributed by atoms with Gasteiger partial charge in [0.1, 0.15) is 5.75 Å². The van der Waals surface area contributed by atoms with Crippen molar-refractivity contribution in [3.05, 3.63) is 47.9 Å². The molecule has 0 bridgehead atoms. The molecule has 7 nitrogen and oxygen atoms in total. The van der Waals surface area contributed by atoms with Crippen LogP contribution < -0.4 is 21.1 Å². The molecule has 3 amide bonds. The van der Waals surface area contributed by atoms with Gasteiger partial charge in [0.15, 0.2) is 0 Å². The van der Waals surface area contributed by atoms with Crippen molar-refractivity contribution in [2.45, 2.75) is 6.54 Å². The summed E-state index contributed by atoms with van der Waals surface area (Å²) in [6.07, 6.45) is 3.06. The average Bonchev–Trinajstić information content (AvgIpc) is 2.98. The Bertz CT molecular complexity index is 638. The highest BCUT2D eigenvalue weighted by Crippen LogP contribution is 2.25. The fourth-order valence-electron chi connectivity index (χ4n) is 1.70. The van der Waals surface area contributed by atoms with Crippen LogP contribution in [0.2, 0.25) is 0 Å². The van der Waals surface area contributed by atoms with E-state index in [0.29, 0.717) is 18.0 Å². The maximum absolute atomic E-state index is 11.8. The van der Waals surface area contributed by atoms with Gasteiger partial charge in [-0.25, -0.2) is 4.79 Å². The van der Waals surface area contributed by atoms with Crippen LogP contribution in [-0.2, 0) is 6.54 Å². The third-order valence-electron chi connectivity index (χ3n) is 2.77. The number of rotatable bonds is 5. The normalized spacial score (nSPS) is 9.95. The number of nitrogens with two attached hydrogens (primary N) is 1. The largest absolute Gasteiger partial charge is 0.495 e. The summed E-state index contributed by atoms with van der Waals surface area (Å²) in [4.78, 5) is 23.0. The van der Waals surface area contributed by atoms with Crippen molar-refractivity contribution in [2.24, 2.45) is 5.73 Å². The van der Waals surface area contributed by atoms with Crippen LogP contribution in [0.25, 0.3) is 0 Å². The summed E-state index contributed by atoms with van der Waals surface area (Å²) in [6, 6.07) is 5.85. The Labute approximate surface area is 121 Å². The standard InChI is InChI=1S/C14H15N3O4/c1-20-12-3-2-10(13(15)18)6-11(12)17-14(19)16-7-9-4-5-21-8-9/h2-6,8H,7H2,1H3,(H2,15,18)(H2,16,17,19). The minimum Gasteiger partial charge on any atom is -0.495 e. The third-order valence-corrected chi connectivity index (χ3v) is 2.77. The van der Waals surface area contributed by atoms with Gasteiger partial charge in [-0.1, -0.05) is 0 Å². The number of benzene rings is 1. The zero-order valence-electron chi connectivity index (χ0n) is 11.4. The van der Waals surface area contributed by atoms with Crippen molar-refractivity contribution in [1.82, 2.24) is 5.32 Å². The van der Waals surface area contributed by atoms with Crippen LogP contribution in [0.3, 0.4) is 0 Å². The molecule has 0 unspecified atom stereocenters. The Morgan fingerprint density at radius 2 is 2.14 bits per heavy atom. The summed E-state index contributed by atoms with van der Waals surface area (Å²) in [6.45, 7) is 0.320. The molecule has 4 N–H and O–H groups in total. The highest BCUT2D eigenvalue weighted by molar-refractivity contribution is 5.97. The van der Waals surface area contributed by atoms with Gasteiger partial charge in [-0.3, -0.25) is 4.79 Å². The van der Waals surface area contributed by atoms with E-state index >= 15 is 0 Å². The second kappa shape index (κ2) is 6.47. The number of anilines is 1. The number of carbonyl (C=O) groups excluding carboxylic acids is 2. The Morgan fingerprint density at radius 1 is 1.33 bits per heavy atom. The number of carbonyl (C=O) groups is 2. The number of hydrogen-bond donors (Lipinski definition) is 3. The molecule has 0 fully saturated rings. The van der Waals surface area contributed by atoms with Crippen molar-refractivity contribution in [2.75, 3.05) is 12.4 Å². The highest BCUT2D eigenvalue weighted by Gasteiger charge is 2.10. The second-order valence-corrected chi connectivity index (χ2v) is 4.22. The van der Waals surface area contributed by atoms with Gasteiger partial charge in [0.2, 0.25) is 5.91 Å². The monoisotopic (exact) mass is 289 g/mol. The number of primary amides is 1. The van der Waals surface area contributed by atoms with Crippen LogP contribution in [0.1, 0.15) is 15.9 Å². The molecule has 2 aromatic rings. The summed E-state index contributed by atoms with van der Waals surface area (Å²) < 4.78 is 10.0. The summed E-state index contributed by atoms with van der Waals surface area (Å²) in [5.41, 5.74) is 6.68. The van der Waals surface area contributed by atoms with Gasteiger partial charge in [0.05, 0.1) is 25.3 Å². The molecule has 0 aliphatic carbocycles. The molecule has 0 atom stereocenters. The fourth-order valence-corrected chi connectivity index (χ4v) is 1.70. The van der Waals surface area contributed by atoms with Gasteiger partial charge in [-0.05, 0) is 24.3 Å². The quantitative estimate of drug-likeness (QED) is 0.778. The van der Waals surface area contributed by atoms with Crippen LogP contribution in [-0.4, -0.2) is 19.0 Å². The molecule has 110 valence electrons. The van der Waals surface area contributed by atoms with Crippen molar-refractivity contribution in [1.29, 1.82) is 0 Å². The van der Waals surface area contributed by atoms with E-state index in [0.717, 1.165) is 5.56 Å². The zero-order chi connectivity index (χ0) is 15.2. The lowest BCUT2D eigenvalue weighted by Crippen LogP contribution is -2.28. The molecule has 7 heteroatoms. The summed E-state index contributed by atoms with van der Waals surface area (Å²) in [5, 5.41) is 5.26. The van der Waals surface area contributed by atoms with E-state index in [9.17, 15) is 9.59 Å². The SMILES string of the molecule is COc1ccc(C(N)=O)cc1NC(=O)NCc1ccoc1. The van der Waals surface area contributed by atoms with E-state index in [2.05, 4.69) is 10.6 Å². The van der Waals surface area contributed by atoms with Crippen LogP contribution in [0.5, 0.6) is 5.75 Å². The topological polar surface area (TPSA) is 107 Å². The first-order valence-corrected chi connectivity index (χ1v) is 6.14. The van der Waals surface area contributed by atoms with Crippen LogP contribution in [0.4, 0.5) is 10.5 Å². The van der Waals surface area contributed by atoms with E-state index in [4.69, 9.17) is 14.9 Å². The van der Waals surface area contributed by atoms with E-state index in [1.165, 1.54) is 31.8 Å². The van der Waals surface area contributed by atoms with Gasteiger partial charge in [-0.15, -0.1) is 0 Å². The molecule has 0 saturated carbocycles. The number of amides is 3. The lowest BCUT2D eigenvalue weighted by Gasteiger charge is -2.11. The Balaban J connectivity index is 2.04.